The van der Waals surface area contributed by atoms with Crippen LogP contribution in [0.3, 0.4) is 0 Å². The van der Waals surface area contributed by atoms with Crippen molar-refractivity contribution in [2.45, 2.75) is 26.5 Å². The molecule has 1 atom stereocenters. The Morgan fingerprint density at radius 3 is 2.30 bits per heavy atom. The van der Waals surface area contributed by atoms with Crippen LogP contribution >= 0.6 is 11.3 Å². The van der Waals surface area contributed by atoms with Crippen molar-refractivity contribution in [2.24, 2.45) is 4.99 Å². The van der Waals surface area contributed by atoms with Crippen LogP contribution in [0.4, 0.5) is 0 Å². The topological polar surface area (TPSA) is 135 Å². The van der Waals surface area contributed by atoms with Crippen molar-refractivity contribution in [3.05, 3.63) is 114 Å². The number of methoxy groups -OCH3 is 3. The van der Waals surface area contributed by atoms with Crippen LogP contribution in [0.2, 0.25) is 0 Å². The molecule has 11 nitrogen and oxygen atoms in total. The fourth-order valence-electron chi connectivity index (χ4n) is 5.14. The molecule has 5 rings (SSSR count). The SMILES string of the molecule is CCOC(=O)C1=C(C)N=c2s/c(=C\c3ccc(OCc4cccc(C(=O)O)c4)cc3)c(=O)n2[C@@H]1c1cc(OC)c(OC)c(OC)c1. The third-order valence-electron chi connectivity index (χ3n) is 7.28. The van der Waals surface area contributed by atoms with Crippen LogP contribution in [0.5, 0.6) is 23.0 Å². The Balaban J connectivity index is 1.53. The van der Waals surface area contributed by atoms with Crippen molar-refractivity contribution < 1.29 is 38.4 Å². The molecule has 0 fully saturated rings. The summed E-state index contributed by atoms with van der Waals surface area (Å²) in [6.07, 6.45) is 1.75. The predicted octanol–water partition coefficient (Wildman–Crippen LogP) is 4.10. The predicted molar refractivity (Wildman–Crippen MR) is 171 cm³/mol. The van der Waals surface area contributed by atoms with Gasteiger partial charge in [0.25, 0.3) is 5.56 Å². The molecule has 3 aromatic carbocycles. The number of carboxylic acids is 1. The van der Waals surface area contributed by atoms with E-state index < -0.39 is 18.0 Å². The fourth-order valence-corrected chi connectivity index (χ4v) is 6.19. The Bertz CT molecular complexity index is 1980. The Kier molecular flexibility index (Phi) is 9.57. The first-order chi connectivity index (χ1) is 22.2. The number of aromatic nitrogens is 1. The van der Waals surface area contributed by atoms with Gasteiger partial charge in [-0.15, -0.1) is 0 Å². The van der Waals surface area contributed by atoms with E-state index in [9.17, 15) is 19.5 Å². The van der Waals surface area contributed by atoms with Crippen LogP contribution < -0.4 is 33.8 Å². The lowest BCUT2D eigenvalue weighted by Crippen LogP contribution is -2.40. The number of carbonyl (C=O) groups excluding carboxylic acids is 1. The molecule has 1 aliphatic rings. The van der Waals surface area contributed by atoms with Crippen LogP contribution in [-0.4, -0.2) is 49.5 Å². The Morgan fingerprint density at radius 2 is 1.70 bits per heavy atom. The third kappa shape index (κ3) is 6.38. The molecule has 4 aromatic rings. The molecular weight excluding hydrogens is 612 g/mol. The number of aromatic carboxylic acids is 1. The maximum atomic E-state index is 14.0. The van der Waals surface area contributed by atoms with E-state index in [1.165, 1.54) is 43.3 Å². The van der Waals surface area contributed by atoms with Gasteiger partial charge in [-0.2, -0.15) is 0 Å². The number of thiazole rings is 1. The van der Waals surface area contributed by atoms with Crippen molar-refractivity contribution in [3.63, 3.8) is 0 Å². The first-order valence-electron chi connectivity index (χ1n) is 14.2. The lowest BCUT2D eigenvalue weighted by atomic mass is 9.95. The molecule has 12 heteroatoms. The van der Waals surface area contributed by atoms with Crippen molar-refractivity contribution >= 4 is 29.4 Å². The number of ether oxygens (including phenoxy) is 5. The van der Waals surface area contributed by atoms with Gasteiger partial charge < -0.3 is 28.8 Å². The maximum absolute atomic E-state index is 14.0. The minimum Gasteiger partial charge on any atom is -0.493 e. The molecule has 1 N–H and O–H groups in total. The highest BCUT2D eigenvalue weighted by Gasteiger charge is 2.34. The van der Waals surface area contributed by atoms with E-state index in [0.717, 1.165) is 11.1 Å². The van der Waals surface area contributed by atoms with Gasteiger partial charge in [-0.1, -0.05) is 35.6 Å². The van der Waals surface area contributed by atoms with Crippen LogP contribution in [-0.2, 0) is 16.1 Å². The second-order valence-electron chi connectivity index (χ2n) is 10.1. The highest BCUT2D eigenvalue weighted by molar-refractivity contribution is 7.07. The number of fused-ring (bicyclic) bond motifs is 1. The standard InChI is InChI=1S/C34H32N2O9S/c1-6-44-33(40)28-19(2)35-34-36(29(28)23-16-25(41-3)30(43-5)26(17-23)42-4)31(37)27(46-34)15-20-10-12-24(13-11-20)45-18-21-8-7-9-22(14-21)32(38)39/h7-17,29H,6,18H2,1-5H3,(H,38,39)/b27-15-/t29-/m1/s1. The van der Waals surface area contributed by atoms with Crippen LogP contribution in [0.25, 0.3) is 6.08 Å². The van der Waals surface area contributed by atoms with Gasteiger partial charge in [0, 0.05) is 0 Å². The van der Waals surface area contributed by atoms with Crippen molar-refractivity contribution in [1.82, 2.24) is 4.57 Å². The second kappa shape index (κ2) is 13.7. The van der Waals surface area contributed by atoms with E-state index in [0.29, 0.717) is 43.6 Å². The molecule has 0 saturated heterocycles. The number of benzene rings is 3. The van der Waals surface area contributed by atoms with E-state index in [1.54, 1.807) is 62.4 Å². The summed E-state index contributed by atoms with van der Waals surface area (Å²) in [7, 11) is 4.48. The van der Waals surface area contributed by atoms with E-state index in [1.807, 2.05) is 12.1 Å². The highest BCUT2D eigenvalue weighted by Crippen LogP contribution is 2.42. The van der Waals surface area contributed by atoms with Gasteiger partial charge in [0.15, 0.2) is 16.3 Å². The number of hydrogen-bond acceptors (Lipinski definition) is 10. The first-order valence-corrected chi connectivity index (χ1v) is 15.0. The molecule has 46 heavy (non-hydrogen) atoms. The summed E-state index contributed by atoms with van der Waals surface area (Å²) in [5, 5.41) is 9.22. The van der Waals surface area contributed by atoms with E-state index in [2.05, 4.69) is 4.99 Å². The van der Waals surface area contributed by atoms with Gasteiger partial charge in [0.2, 0.25) is 5.75 Å². The second-order valence-corrected chi connectivity index (χ2v) is 11.1. The minimum absolute atomic E-state index is 0.149. The summed E-state index contributed by atoms with van der Waals surface area (Å²) in [6, 6.07) is 16.3. The molecule has 0 bridgehead atoms. The molecule has 238 valence electrons. The first kappa shape index (κ1) is 32.0. The van der Waals surface area contributed by atoms with Gasteiger partial charge in [-0.3, -0.25) is 9.36 Å². The van der Waals surface area contributed by atoms with Gasteiger partial charge in [-0.05, 0) is 73.0 Å². The quantitative estimate of drug-likeness (QED) is 0.240. The zero-order valence-electron chi connectivity index (χ0n) is 25.9. The number of hydrogen-bond donors (Lipinski definition) is 1. The smallest absolute Gasteiger partial charge is 0.338 e. The molecule has 2 heterocycles. The number of carbonyl (C=O) groups is 2. The lowest BCUT2D eigenvalue weighted by Gasteiger charge is -2.26. The van der Waals surface area contributed by atoms with Gasteiger partial charge in [-0.25, -0.2) is 14.6 Å². The zero-order chi connectivity index (χ0) is 33.0. The molecule has 1 aliphatic heterocycles. The van der Waals surface area contributed by atoms with E-state index in [4.69, 9.17) is 23.7 Å². The lowest BCUT2D eigenvalue weighted by molar-refractivity contribution is -0.139. The third-order valence-corrected chi connectivity index (χ3v) is 8.26. The number of nitrogens with zero attached hydrogens (tertiary/aromatic N) is 2. The molecule has 1 aromatic heterocycles. The summed E-state index contributed by atoms with van der Waals surface area (Å²) in [5.41, 5.74) is 2.53. The van der Waals surface area contributed by atoms with Crippen LogP contribution in [0.1, 0.15) is 46.9 Å². The van der Waals surface area contributed by atoms with Crippen molar-refractivity contribution in [1.29, 1.82) is 0 Å². The Hall–Kier alpha value is -5.36. The van der Waals surface area contributed by atoms with Crippen molar-refractivity contribution in [2.75, 3.05) is 27.9 Å². The minimum atomic E-state index is -1.00. The average Bonchev–Trinajstić information content (AvgIpc) is 3.36. The summed E-state index contributed by atoms with van der Waals surface area (Å²) in [6.45, 7) is 3.77. The fraction of sp³-hybridized carbons (Fsp3) is 0.235. The summed E-state index contributed by atoms with van der Waals surface area (Å²) >= 11 is 1.20. The Labute approximate surface area is 268 Å². The van der Waals surface area contributed by atoms with Gasteiger partial charge in [0.1, 0.15) is 12.4 Å². The van der Waals surface area contributed by atoms with Crippen LogP contribution in [0, 0.1) is 0 Å². The summed E-state index contributed by atoms with van der Waals surface area (Å²) in [5.74, 6) is 0.111. The number of allylic oxidation sites excluding steroid dienone is 1. The Morgan fingerprint density at radius 1 is 1.00 bits per heavy atom. The molecule has 0 spiro atoms. The largest absolute Gasteiger partial charge is 0.493 e. The zero-order valence-corrected chi connectivity index (χ0v) is 26.7. The molecule has 0 aliphatic carbocycles. The maximum Gasteiger partial charge on any atom is 0.338 e. The number of rotatable bonds is 11. The van der Waals surface area contributed by atoms with E-state index in [-0.39, 0.29) is 29.9 Å². The molecular formula is C34H32N2O9S. The van der Waals surface area contributed by atoms with Gasteiger partial charge >= 0.3 is 11.9 Å². The van der Waals surface area contributed by atoms with Gasteiger partial charge in [0.05, 0.1) is 55.3 Å². The molecule has 0 unspecified atom stereocenters. The van der Waals surface area contributed by atoms with E-state index >= 15 is 0 Å². The molecule has 0 radical (unpaired) electrons. The molecule has 0 saturated carbocycles. The summed E-state index contributed by atoms with van der Waals surface area (Å²) in [4.78, 5) is 43.6. The summed E-state index contributed by atoms with van der Waals surface area (Å²) < 4.78 is 29.7. The highest BCUT2D eigenvalue weighted by atomic mass is 32.1. The number of esters is 1. The molecule has 0 amide bonds. The van der Waals surface area contributed by atoms with Crippen molar-refractivity contribution in [3.8, 4) is 23.0 Å². The monoisotopic (exact) mass is 644 g/mol. The number of carboxylic acid groups (broad SMARTS) is 1. The normalized spacial score (nSPS) is 14.3. The van der Waals surface area contributed by atoms with Crippen LogP contribution in [0.15, 0.2) is 81.7 Å². The average molecular weight is 645 g/mol.